The van der Waals surface area contributed by atoms with Gasteiger partial charge in [-0.25, -0.2) is 4.98 Å². The second-order valence-electron chi connectivity index (χ2n) is 8.66. The maximum Gasteiger partial charge on any atom is 0.223 e. The van der Waals surface area contributed by atoms with Gasteiger partial charge < -0.3 is 20.4 Å². The molecule has 8 heteroatoms. The predicted octanol–water partition coefficient (Wildman–Crippen LogP) is 3.46. The zero-order valence-electron chi connectivity index (χ0n) is 19.6. The molecular weight excluding hydrogens is 527 g/mol. The number of guanidine groups is 1. The molecule has 1 fully saturated rings. The summed E-state index contributed by atoms with van der Waals surface area (Å²) in [6.45, 7) is 6.21. The minimum Gasteiger partial charge on any atom is -0.356 e. The van der Waals surface area contributed by atoms with Crippen LogP contribution in [0.25, 0.3) is 0 Å². The van der Waals surface area contributed by atoms with Crippen molar-refractivity contribution in [2.24, 2.45) is 4.99 Å². The molecule has 0 radical (unpaired) electrons. The summed E-state index contributed by atoms with van der Waals surface area (Å²) in [7, 11) is 1.80. The smallest absolute Gasteiger partial charge is 0.223 e. The first-order valence-corrected chi connectivity index (χ1v) is 11.6. The van der Waals surface area contributed by atoms with Crippen molar-refractivity contribution in [2.75, 3.05) is 31.6 Å². The summed E-state index contributed by atoms with van der Waals surface area (Å²) in [6, 6.07) is 14.9. The molecular formula is C25H35IN6O. The molecule has 0 bridgehead atoms. The van der Waals surface area contributed by atoms with E-state index in [4.69, 9.17) is 0 Å². The minimum atomic E-state index is 0. The maximum atomic E-state index is 12.6. The Labute approximate surface area is 214 Å². The molecule has 1 saturated heterocycles. The number of aromatic nitrogens is 1. The SMILES string of the molecule is CN=C(NCCCC(=O)N1Cc2ccccc2C1)NC1CCN(c2cccc(C)n2)CC1.I. The molecule has 1 aromatic heterocycles. The Kier molecular flexibility index (Phi) is 9.34. The van der Waals surface area contributed by atoms with Crippen LogP contribution in [0.4, 0.5) is 5.82 Å². The number of nitrogens with zero attached hydrogens (tertiary/aromatic N) is 4. The summed E-state index contributed by atoms with van der Waals surface area (Å²) in [5.41, 5.74) is 3.60. The number of anilines is 1. The van der Waals surface area contributed by atoms with Crippen molar-refractivity contribution in [1.29, 1.82) is 0 Å². The van der Waals surface area contributed by atoms with E-state index in [9.17, 15) is 4.79 Å². The van der Waals surface area contributed by atoms with Crippen LogP contribution < -0.4 is 15.5 Å². The lowest BCUT2D eigenvalue weighted by molar-refractivity contribution is -0.131. The number of rotatable bonds is 6. The van der Waals surface area contributed by atoms with E-state index < -0.39 is 0 Å². The Morgan fingerprint density at radius 3 is 2.42 bits per heavy atom. The molecule has 1 amide bonds. The number of carbonyl (C=O) groups excluding carboxylic acids is 1. The zero-order valence-corrected chi connectivity index (χ0v) is 21.9. The van der Waals surface area contributed by atoms with Gasteiger partial charge in [-0.3, -0.25) is 9.79 Å². The highest BCUT2D eigenvalue weighted by atomic mass is 127. The molecule has 33 heavy (non-hydrogen) atoms. The average molecular weight is 563 g/mol. The first-order chi connectivity index (χ1) is 15.6. The summed E-state index contributed by atoms with van der Waals surface area (Å²) >= 11 is 0. The largest absolute Gasteiger partial charge is 0.356 e. The van der Waals surface area contributed by atoms with E-state index in [0.29, 0.717) is 12.5 Å². The summed E-state index contributed by atoms with van der Waals surface area (Å²) in [5, 5.41) is 6.91. The Morgan fingerprint density at radius 2 is 1.79 bits per heavy atom. The van der Waals surface area contributed by atoms with E-state index in [-0.39, 0.29) is 29.9 Å². The highest BCUT2D eigenvalue weighted by molar-refractivity contribution is 14.0. The first kappa shape index (κ1) is 25.3. The Hall–Kier alpha value is -2.36. The van der Waals surface area contributed by atoms with E-state index in [1.165, 1.54) is 11.1 Å². The number of benzene rings is 1. The lowest BCUT2D eigenvalue weighted by Crippen LogP contribution is -2.49. The first-order valence-electron chi connectivity index (χ1n) is 11.6. The highest BCUT2D eigenvalue weighted by Crippen LogP contribution is 2.23. The lowest BCUT2D eigenvalue weighted by atomic mass is 10.1. The maximum absolute atomic E-state index is 12.6. The molecule has 2 aromatic rings. The Bertz CT molecular complexity index is 932. The van der Waals surface area contributed by atoms with Gasteiger partial charge in [-0.15, -0.1) is 24.0 Å². The molecule has 178 valence electrons. The van der Waals surface area contributed by atoms with Gasteiger partial charge in [0.05, 0.1) is 0 Å². The molecule has 0 saturated carbocycles. The fraction of sp³-hybridized carbons (Fsp3) is 0.480. The summed E-state index contributed by atoms with van der Waals surface area (Å²) < 4.78 is 0. The molecule has 2 N–H and O–H groups in total. The second-order valence-corrected chi connectivity index (χ2v) is 8.66. The van der Waals surface area contributed by atoms with E-state index in [0.717, 1.165) is 69.5 Å². The third kappa shape index (κ3) is 6.82. The van der Waals surface area contributed by atoms with E-state index in [2.05, 4.69) is 49.8 Å². The van der Waals surface area contributed by atoms with E-state index in [1.54, 1.807) is 7.05 Å². The van der Waals surface area contributed by atoms with Crippen molar-refractivity contribution >= 4 is 41.7 Å². The van der Waals surface area contributed by atoms with Crippen LogP contribution in [0.15, 0.2) is 47.5 Å². The number of aryl methyl sites for hydroxylation is 1. The molecule has 0 aliphatic carbocycles. The van der Waals surface area contributed by atoms with Crippen LogP contribution in [-0.4, -0.2) is 54.5 Å². The number of pyridine rings is 1. The fourth-order valence-electron chi connectivity index (χ4n) is 4.46. The molecule has 3 heterocycles. The average Bonchev–Trinajstić information content (AvgIpc) is 3.26. The van der Waals surface area contributed by atoms with Crippen molar-refractivity contribution in [3.05, 3.63) is 59.3 Å². The van der Waals surface area contributed by atoms with E-state index in [1.807, 2.05) is 30.0 Å². The van der Waals surface area contributed by atoms with Gasteiger partial charge in [0, 0.05) is 57.9 Å². The number of fused-ring (bicyclic) bond motifs is 1. The second kappa shape index (κ2) is 12.2. The van der Waals surface area contributed by atoms with Crippen molar-refractivity contribution in [1.82, 2.24) is 20.5 Å². The van der Waals surface area contributed by atoms with Gasteiger partial charge in [-0.1, -0.05) is 30.3 Å². The van der Waals surface area contributed by atoms with Gasteiger partial charge >= 0.3 is 0 Å². The van der Waals surface area contributed by atoms with Crippen molar-refractivity contribution in [3.63, 3.8) is 0 Å². The monoisotopic (exact) mass is 562 g/mol. The molecule has 1 aromatic carbocycles. The van der Waals surface area contributed by atoms with Crippen molar-refractivity contribution < 1.29 is 4.79 Å². The zero-order chi connectivity index (χ0) is 22.3. The number of halogens is 1. The number of hydrogen-bond donors (Lipinski definition) is 2. The molecule has 0 unspecified atom stereocenters. The van der Waals surface area contributed by atoms with Gasteiger partial charge in [-0.2, -0.15) is 0 Å². The third-order valence-electron chi connectivity index (χ3n) is 6.31. The number of aliphatic imine (C=N–C) groups is 1. The van der Waals surface area contributed by atoms with Gasteiger partial charge in [0.2, 0.25) is 5.91 Å². The molecule has 0 spiro atoms. The number of hydrogen-bond acceptors (Lipinski definition) is 4. The van der Waals surface area contributed by atoms with Crippen LogP contribution >= 0.6 is 24.0 Å². The molecule has 2 aliphatic rings. The van der Waals surface area contributed by atoms with Crippen LogP contribution in [0, 0.1) is 6.92 Å². The van der Waals surface area contributed by atoms with Gasteiger partial charge in [-0.05, 0) is 49.4 Å². The molecule has 4 rings (SSSR count). The van der Waals surface area contributed by atoms with Crippen LogP contribution in [0.2, 0.25) is 0 Å². The standard InChI is InChI=1S/C25H34N6O.HI/c1-19-7-5-10-23(28-19)30-15-12-22(13-16-30)29-25(26-2)27-14-6-11-24(32)31-17-20-8-3-4-9-21(20)18-31;/h3-5,7-10,22H,6,11-18H2,1-2H3,(H2,26,27,29);1H. The number of piperidine rings is 1. The summed E-state index contributed by atoms with van der Waals surface area (Å²) in [4.78, 5) is 25.9. The number of carbonyl (C=O) groups is 1. The van der Waals surface area contributed by atoms with Crippen LogP contribution in [0.5, 0.6) is 0 Å². The Morgan fingerprint density at radius 1 is 1.09 bits per heavy atom. The van der Waals surface area contributed by atoms with Gasteiger partial charge in [0.15, 0.2) is 5.96 Å². The van der Waals surface area contributed by atoms with E-state index >= 15 is 0 Å². The van der Waals surface area contributed by atoms with Crippen LogP contribution in [-0.2, 0) is 17.9 Å². The number of nitrogens with one attached hydrogen (secondary N) is 2. The lowest BCUT2D eigenvalue weighted by Gasteiger charge is -2.34. The normalized spacial score (nSPS) is 16.2. The Balaban J connectivity index is 0.00000306. The van der Waals surface area contributed by atoms with Crippen molar-refractivity contribution in [3.8, 4) is 0 Å². The van der Waals surface area contributed by atoms with Gasteiger partial charge in [0.1, 0.15) is 5.82 Å². The predicted molar refractivity (Wildman–Crippen MR) is 144 cm³/mol. The fourth-order valence-corrected chi connectivity index (χ4v) is 4.46. The summed E-state index contributed by atoms with van der Waals surface area (Å²) in [6.07, 6.45) is 3.44. The summed E-state index contributed by atoms with van der Waals surface area (Å²) in [5.74, 6) is 2.11. The molecule has 0 atom stereocenters. The quantitative estimate of drug-likeness (QED) is 0.244. The molecule has 2 aliphatic heterocycles. The third-order valence-corrected chi connectivity index (χ3v) is 6.31. The highest BCUT2D eigenvalue weighted by Gasteiger charge is 2.23. The number of amides is 1. The van der Waals surface area contributed by atoms with Gasteiger partial charge in [0.25, 0.3) is 0 Å². The minimum absolute atomic E-state index is 0. The van der Waals surface area contributed by atoms with Crippen LogP contribution in [0.1, 0.15) is 42.5 Å². The van der Waals surface area contributed by atoms with Crippen molar-refractivity contribution in [2.45, 2.75) is 51.7 Å². The topological polar surface area (TPSA) is 72.9 Å². The molecule has 7 nitrogen and oxygen atoms in total. The van der Waals surface area contributed by atoms with Crippen LogP contribution in [0.3, 0.4) is 0 Å².